The minimum Gasteiger partial charge on any atom is -0.386 e. The number of amides is 1. The van der Waals surface area contributed by atoms with Crippen molar-refractivity contribution in [2.45, 2.75) is 12.0 Å². The minimum absolute atomic E-state index is 0.149. The zero-order valence-corrected chi connectivity index (χ0v) is 13.3. The van der Waals surface area contributed by atoms with Crippen molar-refractivity contribution in [1.29, 1.82) is 0 Å². The monoisotopic (exact) mass is 316 g/mol. The minimum atomic E-state index is -0.954. The third kappa shape index (κ3) is 3.31. The molecule has 122 valence electrons. The van der Waals surface area contributed by atoms with Crippen LogP contribution in [-0.4, -0.2) is 67.9 Å². The second-order valence-electron chi connectivity index (χ2n) is 6.02. The lowest BCUT2D eigenvalue weighted by Gasteiger charge is -2.28. The molecule has 3 rings (SSSR count). The van der Waals surface area contributed by atoms with Gasteiger partial charge in [-0.3, -0.25) is 14.5 Å². The largest absolute Gasteiger partial charge is 0.386 e. The van der Waals surface area contributed by atoms with E-state index >= 15 is 0 Å². The number of aromatic nitrogens is 4. The molecule has 0 saturated carbocycles. The summed E-state index contributed by atoms with van der Waals surface area (Å²) in [6.07, 6.45) is 8.70. The third-order valence-electron chi connectivity index (χ3n) is 4.04. The molecule has 1 fully saturated rings. The number of hydrogen-bond donors (Lipinski definition) is 1. The van der Waals surface area contributed by atoms with Gasteiger partial charge in [-0.2, -0.15) is 5.10 Å². The number of hydrogen-bond acceptors (Lipinski definition) is 6. The van der Waals surface area contributed by atoms with Crippen LogP contribution in [0.25, 0.3) is 0 Å². The second kappa shape index (κ2) is 5.96. The van der Waals surface area contributed by atoms with E-state index in [1.807, 2.05) is 4.90 Å². The molecule has 1 atom stereocenters. The molecule has 3 heterocycles. The van der Waals surface area contributed by atoms with Gasteiger partial charge in [-0.15, -0.1) is 0 Å². The van der Waals surface area contributed by atoms with Gasteiger partial charge in [0, 0.05) is 45.8 Å². The first-order chi connectivity index (χ1) is 11.0. The molecule has 2 aromatic rings. The zero-order valence-electron chi connectivity index (χ0n) is 13.3. The quantitative estimate of drug-likeness (QED) is 0.849. The number of aryl methyl sites for hydroxylation is 1. The number of nitrogens with zero attached hydrogens (tertiary/aromatic N) is 6. The Balaban J connectivity index is 1.64. The molecule has 8 heteroatoms. The molecule has 23 heavy (non-hydrogen) atoms. The molecular formula is C15H20N6O2. The van der Waals surface area contributed by atoms with Gasteiger partial charge in [-0.05, 0) is 6.42 Å². The second-order valence-corrected chi connectivity index (χ2v) is 6.02. The highest BCUT2D eigenvalue weighted by Crippen LogP contribution is 2.26. The molecule has 0 bridgehead atoms. The van der Waals surface area contributed by atoms with Gasteiger partial charge < -0.3 is 14.9 Å². The van der Waals surface area contributed by atoms with Crippen LogP contribution in [0.4, 0.5) is 5.82 Å². The maximum Gasteiger partial charge on any atom is 0.256 e. The molecule has 0 radical (unpaired) electrons. The van der Waals surface area contributed by atoms with Crippen LogP contribution in [0.1, 0.15) is 16.8 Å². The van der Waals surface area contributed by atoms with Crippen molar-refractivity contribution in [2.24, 2.45) is 7.05 Å². The standard InChI is InChI=1S/C15H20N6O2/c1-19(14(22)12-7-18-20(2)9-12)10-15(23)3-6-21(11-15)13-8-16-4-5-17-13/h4-5,7-9,23H,3,6,10-11H2,1-2H3. The van der Waals surface area contributed by atoms with Crippen LogP contribution in [-0.2, 0) is 7.05 Å². The molecule has 0 spiro atoms. The molecule has 2 aromatic heterocycles. The van der Waals surface area contributed by atoms with Gasteiger partial charge in [0.2, 0.25) is 0 Å². The summed E-state index contributed by atoms with van der Waals surface area (Å²) in [4.78, 5) is 24.2. The highest BCUT2D eigenvalue weighted by Gasteiger charge is 2.38. The lowest BCUT2D eigenvalue weighted by atomic mass is 10.0. The van der Waals surface area contributed by atoms with E-state index in [9.17, 15) is 9.90 Å². The Bertz CT molecular complexity index is 688. The fourth-order valence-electron chi connectivity index (χ4n) is 2.90. The summed E-state index contributed by atoms with van der Waals surface area (Å²) in [5, 5.41) is 14.8. The molecule has 1 saturated heterocycles. The number of carbonyl (C=O) groups is 1. The molecule has 8 nitrogen and oxygen atoms in total. The summed E-state index contributed by atoms with van der Waals surface area (Å²) in [6.45, 7) is 1.37. The van der Waals surface area contributed by atoms with Crippen molar-refractivity contribution in [3.63, 3.8) is 0 Å². The summed E-state index contributed by atoms with van der Waals surface area (Å²) in [6, 6.07) is 0. The van der Waals surface area contributed by atoms with Gasteiger partial charge in [0.1, 0.15) is 11.4 Å². The number of β-amino-alcohol motifs (C(OH)–C–C–N with tert-alkyl or cyclic N) is 1. The first kappa shape index (κ1) is 15.4. The molecule has 1 amide bonds. The third-order valence-corrected chi connectivity index (χ3v) is 4.04. The van der Waals surface area contributed by atoms with E-state index in [0.717, 1.165) is 5.82 Å². The normalized spacial score (nSPS) is 20.7. The Morgan fingerprint density at radius 2 is 2.26 bits per heavy atom. The Hall–Kier alpha value is -2.48. The van der Waals surface area contributed by atoms with E-state index < -0.39 is 5.60 Å². The van der Waals surface area contributed by atoms with Crippen LogP contribution in [0.5, 0.6) is 0 Å². The van der Waals surface area contributed by atoms with Gasteiger partial charge in [-0.25, -0.2) is 4.98 Å². The average Bonchev–Trinajstić information content (AvgIpc) is 3.14. The fourth-order valence-corrected chi connectivity index (χ4v) is 2.90. The zero-order chi connectivity index (χ0) is 16.4. The van der Waals surface area contributed by atoms with Crippen LogP contribution in [0.15, 0.2) is 31.0 Å². The Kier molecular flexibility index (Phi) is 3.99. The van der Waals surface area contributed by atoms with E-state index in [1.54, 1.807) is 43.6 Å². The van der Waals surface area contributed by atoms with Crippen LogP contribution < -0.4 is 4.90 Å². The molecule has 1 unspecified atom stereocenters. The van der Waals surface area contributed by atoms with Gasteiger partial charge in [0.15, 0.2) is 0 Å². The predicted molar refractivity (Wildman–Crippen MR) is 84.0 cm³/mol. The molecule has 0 aliphatic carbocycles. The van der Waals surface area contributed by atoms with Crippen molar-refractivity contribution in [1.82, 2.24) is 24.6 Å². The summed E-state index contributed by atoms with van der Waals surface area (Å²) >= 11 is 0. The van der Waals surface area contributed by atoms with E-state index in [2.05, 4.69) is 15.1 Å². The van der Waals surface area contributed by atoms with Crippen molar-refractivity contribution in [3.8, 4) is 0 Å². The lowest BCUT2D eigenvalue weighted by molar-refractivity contribution is 0.0264. The lowest BCUT2D eigenvalue weighted by Crippen LogP contribution is -2.45. The smallest absolute Gasteiger partial charge is 0.256 e. The molecule has 1 N–H and O–H groups in total. The summed E-state index contributed by atoms with van der Waals surface area (Å²) in [7, 11) is 3.46. The van der Waals surface area contributed by atoms with Crippen molar-refractivity contribution in [2.75, 3.05) is 31.6 Å². The SMILES string of the molecule is CN(CC1(O)CCN(c2cnccn2)C1)C(=O)c1cnn(C)c1. The fraction of sp³-hybridized carbons (Fsp3) is 0.467. The van der Waals surface area contributed by atoms with E-state index in [0.29, 0.717) is 25.1 Å². The van der Waals surface area contributed by atoms with Gasteiger partial charge in [-0.1, -0.05) is 0 Å². The first-order valence-electron chi connectivity index (χ1n) is 7.44. The molecule has 1 aliphatic rings. The van der Waals surface area contributed by atoms with Gasteiger partial charge in [0.25, 0.3) is 5.91 Å². The summed E-state index contributed by atoms with van der Waals surface area (Å²) < 4.78 is 1.58. The highest BCUT2D eigenvalue weighted by atomic mass is 16.3. The van der Waals surface area contributed by atoms with E-state index in [1.165, 1.54) is 11.1 Å². The van der Waals surface area contributed by atoms with Crippen LogP contribution in [0.2, 0.25) is 0 Å². The molecule has 1 aliphatic heterocycles. The number of aliphatic hydroxyl groups is 1. The maximum absolute atomic E-state index is 12.4. The Morgan fingerprint density at radius 1 is 1.43 bits per heavy atom. The van der Waals surface area contributed by atoms with E-state index in [4.69, 9.17) is 0 Å². The van der Waals surface area contributed by atoms with Crippen molar-refractivity contribution < 1.29 is 9.90 Å². The predicted octanol–water partition coefficient (Wildman–Crippen LogP) is -0.0765. The van der Waals surface area contributed by atoms with Gasteiger partial charge in [0.05, 0.1) is 24.5 Å². The molecule has 0 aromatic carbocycles. The number of likely N-dealkylation sites (N-methyl/N-ethyl adjacent to an activating group) is 1. The van der Waals surface area contributed by atoms with Crippen LogP contribution >= 0.6 is 0 Å². The number of carbonyl (C=O) groups excluding carboxylic acids is 1. The van der Waals surface area contributed by atoms with Crippen molar-refractivity contribution >= 4 is 11.7 Å². The van der Waals surface area contributed by atoms with Gasteiger partial charge >= 0.3 is 0 Å². The summed E-state index contributed by atoms with van der Waals surface area (Å²) in [5.41, 5.74) is -0.438. The number of rotatable bonds is 4. The Morgan fingerprint density at radius 3 is 2.91 bits per heavy atom. The summed E-state index contributed by atoms with van der Waals surface area (Å²) in [5.74, 6) is 0.592. The van der Waals surface area contributed by atoms with Crippen LogP contribution in [0.3, 0.4) is 0 Å². The van der Waals surface area contributed by atoms with Crippen molar-refractivity contribution in [3.05, 3.63) is 36.5 Å². The maximum atomic E-state index is 12.4. The average molecular weight is 316 g/mol. The molecular weight excluding hydrogens is 296 g/mol. The van der Waals surface area contributed by atoms with E-state index in [-0.39, 0.29) is 12.5 Å². The van der Waals surface area contributed by atoms with Crippen LogP contribution in [0, 0.1) is 0 Å². The first-order valence-corrected chi connectivity index (χ1v) is 7.44. The topological polar surface area (TPSA) is 87.4 Å². The number of anilines is 1. The highest BCUT2D eigenvalue weighted by molar-refractivity contribution is 5.93. The Labute approximate surface area is 134 Å².